The number of morpholine rings is 1. The molecule has 2 heterocycles. The summed E-state index contributed by atoms with van der Waals surface area (Å²) in [5.74, 6) is -0.558. The Balaban J connectivity index is 1.79. The zero-order valence-corrected chi connectivity index (χ0v) is 12.8. The van der Waals surface area contributed by atoms with Gasteiger partial charge in [-0.15, -0.1) is 0 Å². The first kappa shape index (κ1) is 16.2. The second kappa shape index (κ2) is 7.22. The zero-order valence-electron chi connectivity index (χ0n) is 12.8. The highest BCUT2D eigenvalue weighted by molar-refractivity contribution is 5.79. The molecule has 0 bridgehead atoms. The van der Waals surface area contributed by atoms with Crippen LogP contribution in [0.3, 0.4) is 0 Å². The summed E-state index contributed by atoms with van der Waals surface area (Å²) in [7, 11) is 0. The van der Waals surface area contributed by atoms with Crippen LogP contribution >= 0.6 is 0 Å². The number of rotatable bonds is 6. The van der Waals surface area contributed by atoms with E-state index in [0.29, 0.717) is 45.7 Å². The van der Waals surface area contributed by atoms with Crippen LogP contribution in [-0.4, -0.2) is 71.7 Å². The molecule has 1 N–H and O–H groups in total. The van der Waals surface area contributed by atoms with E-state index in [2.05, 4.69) is 4.90 Å². The highest BCUT2D eigenvalue weighted by Gasteiger charge is 2.45. The third-order valence-corrected chi connectivity index (χ3v) is 4.79. The van der Waals surface area contributed by atoms with Crippen molar-refractivity contribution < 1.29 is 19.4 Å². The predicted molar refractivity (Wildman–Crippen MR) is 78.1 cm³/mol. The van der Waals surface area contributed by atoms with Gasteiger partial charge < -0.3 is 14.7 Å². The Bertz CT molecular complexity index is 382. The molecule has 0 aromatic heterocycles. The maximum absolute atomic E-state index is 12.1. The average molecular weight is 298 g/mol. The van der Waals surface area contributed by atoms with Gasteiger partial charge in [-0.25, -0.2) is 0 Å². The van der Waals surface area contributed by atoms with Crippen molar-refractivity contribution in [2.24, 2.45) is 0 Å². The fourth-order valence-electron chi connectivity index (χ4n) is 3.45. The van der Waals surface area contributed by atoms with E-state index in [1.54, 1.807) is 0 Å². The van der Waals surface area contributed by atoms with Gasteiger partial charge in [-0.2, -0.15) is 0 Å². The van der Waals surface area contributed by atoms with Gasteiger partial charge in [0, 0.05) is 19.5 Å². The molecule has 21 heavy (non-hydrogen) atoms. The highest BCUT2D eigenvalue weighted by Crippen LogP contribution is 2.32. The number of hydrogen-bond acceptors (Lipinski definition) is 4. The van der Waals surface area contributed by atoms with Crippen LogP contribution in [0.15, 0.2) is 0 Å². The number of nitrogens with zero attached hydrogens (tertiary/aromatic N) is 2. The van der Waals surface area contributed by atoms with Crippen molar-refractivity contribution in [2.75, 3.05) is 39.4 Å². The minimum Gasteiger partial charge on any atom is -0.480 e. The van der Waals surface area contributed by atoms with Gasteiger partial charge in [0.25, 0.3) is 0 Å². The van der Waals surface area contributed by atoms with Gasteiger partial charge in [-0.3, -0.25) is 14.5 Å². The lowest BCUT2D eigenvalue weighted by Gasteiger charge is -2.34. The van der Waals surface area contributed by atoms with E-state index in [-0.39, 0.29) is 5.91 Å². The molecule has 0 aromatic rings. The van der Waals surface area contributed by atoms with Crippen molar-refractivity contribution >= 4 is 11.9 Å². The summed E-state index contributed by atoms with van der Waals surface area (Å²) < 4.78 is 5.24. The number of likely N-dealkylation sites (tertiary alicyclic amines) is 1. The van der Waals surface area contributed by atoms with E-state index in [0.717, 1.165) is 25.8 Å². The summed E-state index contributed by atoms with van der Waals surface area (Å²) in [5, 5.41) is 9.52. The molecule has 1 atom stereocenters. The normalized spacial score (nSPS) is 27.0. The van der Waals surface area contributed by atoms with Crippen molar-refractivity contribution in [1.29, 1.82) is 0 Å². The zero-order chi connectivity index (χ0) is 15.3. The highest BCUT2D eigenvalue weighted by atomic mass is 16.5. The van der Waals surface area contributed by atoms with Gasteiger partial charge in [-0.1, -0.05) is 6.92 Å². The number of carbonyl (C=O) groups excluding carboxylic acids is 1. The summed E-state index contributed by atoms with van der Waals surface area (Å²) in [5.41, 5.74) is -0.706. The van der Waals surface area contributed by atoms with Crippen molar-refractivity contribution in [3.63, 3.8) is 0 Å². The van der Waals surface area contributed by atoms with Crippen LogP contribution in [0.4, 0.5) is 0 Å². The summed E-state index contributed by atoms with van der Waals surface area (Å²) in [6.07, 6.45) is 3.49. The molecular weight excluding hydrogens is 272 g/mol. The lowest BCUT2D eigenvalue weighted by molar-refractivity contribution is -0.150. The van der Waals surface area contributed by atoms with E-state index in [1.165, 1.54) is 0 Å². The summed E-state index contributed by atoms with van der Waals surface area (Å²) in [6.45, 7) is 6.05. The molecule has 2 aliphatic rings. The Kier molecular flexibility index (Phi) is 5.58. The number of ether oxygens (including phenoxy) is 1. The smallest absolute Gasteiger partial charge is 0.324 e. The Morgan fingerprint density at radius 2 is 1.95 bits per heavy atom. The molecule has 0 radical (unpaired) electrons. The summed E-state index contributed by atoms with van der Waals surface area (Å²) in [4.78, 5) is 27.6. The molecular formula is C15H26N2O4. The fraction of sp³-hybridized carbons (Fsp3) is 0.867. The lowest BCUT2D eigenvalue weighted by atomic mass is 9.93. The quantitative estimate of drug-likeness (QED) is 0.791. The topological polar surface area (TPSA) is 70.1 Å². The molecule has 6 nitrogen and oxygen atoms in total. The second-order valence-corrected chi connectivity index (χ2v) is 5.88. The van der Waals surface area contributed by atoms with Crippen molar-refractivity contribution in [2.45, 2.75) is 44.6 Å². The van der Waals surface area contributed by atoms with Crippen LogP contribution in [-0.2, 0) is 14.3 Å². The van der Waals surface area contributed by atoms with Gasteiger partial charge >= 0.3 is 5.97 Å². The first-order chi connectivity index (χ1) is 10.1. The van der Waals surface area contributed by atoms with Crippen LogP contribution in [0.2, 0.25) is 0 Å². The number of carbonyl (C=O) groups is 2. The van der Waals surface area contributed by atoms with Crippen LogP contribution < -0.4 is 0 Å². The minimum atomic E-state index is -0.720. The molecule has 2 rings (SSSR count). The maximum atomic E-state index is 12.1. The van der Waals surface area contributed by atoms with Crippen LogP contribution in [0.25, 0.3) is 0 Å². The molecule has 1 unspecified atom stereocenters. The molecule has 0 aliphatic carbocycles. The van der Waals surface area contributed by atoms with E-state index in [9.17, 15) is 14.7 Å². The summed E-state index contributed by atoms with van der Waals surface area (Å²) in [6, 6.07) is 0. The molecule has 0 aromatic carbocycles. The van der Waals surface area contributed by atoms with Crippen molar-refractivity contribution in [3.8, 4) is 0 Å². The van der Waals surface area contributed by atoms with Crippen molar-refractivity contribution in [1.82, 2.24) is 9.80 Å². The molecule has 2 saturated heterocycles. The second-order valence-electron chi connectivity index (χ2n) is 5.88. The number of aliphatic carboxylic acids is 1. The Hall–Kier alpha value is -1.14. The predicted octanol–water partition coefficient (Wildman–Crippen LogP) is 0.955. The van der Waals surface area contributed by atoms with Gasteiger partial charge in [0.1, 0.15) is 5.54 Å². The van der Waals surface area contributed by atoms with Gasteiger partial charge in [0.15, 0.2) is 0 Å². The number of carboxylic acid groups (broad SMARTS) is 1. The largest absolute Gasteiger partial charge is 0.480 e. The Morgan fingerprint density at radius 3 is 2.57 bits per heavy atom. The molecule has 2 aliphatic heterocycles. The molecule has 120 valence electrons. The third kappa shape index (κ3) is 3.55. The Labute approximate surface area is 126 Å². The first-order valence-corrected chi connectivity index (χ1v) is 7.94. The summed E-state index contributed by atoms with van der Waals surface area (Å²) >= 11 is 0. The number of carboxylic acids is 1. The van der Waals surface area contributed by atoms with E-state index in [1.807, 2.05) is 11.8 Å². The molecule has 2 fully saturated rings. The van der Waals surface area contributed by atoms with E-state index in [4.69, 9.17) is 4.74 Å². The van der Waals surface area contributed by atoms with Gasteiger partial charge in [-0.05, 0) is 38.8 Å². The number of hydrogen-bond donors (Lipinski definition) is 1. The third-order valence-electron chi connectivity index (χ3n) is 4.79. The van der Waals surface area contributed by atoms with Crippen LogP contribution in [0.1, 0.15) is 39.0 Å². The molecule has 0 saturated carbocycles. The van der Waals surface area contributed by atoms with Gasteiger partial charge in [0.05, 0.1) is 13.2 Å². The standard InChI is InChI=1S/C15H26N2O4/c1-2-15(14(19)20)6-4-8-17(15)7-3-5-13(18)16-9-11-21-12-10-16/h2-12H2,1H3,(H,19,20). The molecule has 1 amide bonds. The van der Waals surface area contributed by atoms with Gasteiger partial charge in [0.2, 0.25) is 5.91 Å². The van der Waals surface area contributed by atoms with E-state index >= 15 is 0 Å². The first-order valence-electron chi connectivity index (χ1n) is 7.94. The Morgan fingerprint density at radius 1 is 1.24 bits per heavy atom. The number of amides is 1. The van der Waals surface area contributed by atoms with Crippen molar-refractivity contribution in [3.05, 3.63) is 0 Å². The van der Waals surface area contributed by atoms with Crippen LogP contribution in [0, 0.1) is 0 Å². The maximum Gasteiger partial charge on any atom is 0.324 e. The monoisotopic (exact) mass is 298 g/mol. The molecule has 0 spiro atoms. The SMILES string of the molecule is CCC1(C(=O)O)CCCN1CCCC(=O)N1CCOCC1. The fourth-order valence-corrected chi connectivity index (χ4v) is 3.45. The minimum absolute atomic E-state index is 0.162. The lowest BCUT2D eigenvalue weighted by Crippen LogP contribution is -2.50. The van der Waals surface area contributed by atoms with E-state index < -0.39 is 11.5 Å². The van der Waals surface area contributed by atoms with Crippen LogP contribution in [0.5, 0.6) is 0 Å². The average Bonchev–Trinajstić information content (AvgIpc) is 2.92. The molecule has 6 heteroatoms.